The van der Waals surface area contributed by atoms with Crippen molar-refractivity contribution in [2.75, 3.05) is 0 Å². The van der Waals surface area contributed by atoms with Crippen LogP contribution in [0.3, 0.4) is 0 Å². The summed E-state index contributed by atoms with van der Waals surface area (Å²) in [6, 6.07) is 8.14. The minimum absolute atomic E-state index is 0.0207. The van der Waals surface area contributed by atoms with Gasteiger partial charge in [-0.25, -0.2) is 0 Å². The van der Waals surface area contributed by atoms with Crippen LogP contribution in [-0.2, 0) is 0 Å². The third kappa shape index (κ3) is 1.45. The molecule has 0 bridgehead atoms. The normalized spacial score (nSPS) is 18.1. The lowest BCUT2D eigenvalue weighted by atomic mass is 10.0. The zero-order valence-corrected chi connectivity index (χ0v) is 11.6. The molecule has 0 saturated carbocycles. The minimum Gasteiger partial charge on any atom is -0.321 e. The third-order valence-corrected chi connectivity index (χ3v) is 4.44. The monoisotopic (exact) mass is 311 g/mol. The topological polar surface area (TPSA) is 32.9 Å². The van der Waals surface area contributed by atoms with Crippen molar-refractivity contribution in [2.45, 2.75) is 4.83 Å². The van der Waals surface area contributed by atoms with E-state index in [9.17, 15) is 4.79 Å². The van der Waals surface area contributed by atoms with Crippen LogP contribution in [0.25, 0.3) is 12.2 Å². The molecular formula is C16H10BrNO. The molecule has 0 radical (unpaired) electrons. The van der Waals surface area contributed by atoms with Crippen molar-refractivity contribution in [3.63, 3.8) is 0 Å². The lowest BCUT2D eigenvalue weighted by molar-refractivity contribution is 1.07. The van der Waals surface area contributed by atoms with Gasteiger partial charge < -0.3 is 4.98 Å². The number of pyridine rings is 1. The van der Waals surface area contributed by atoms with Crippen LogP contribution in [0.5, 0.6) is 0 Å². The molecule has 1 heterocycles. The van der Waals surface area contributed by atoms with Crippen LogP contribution >= 0.6 is 15.9 Å². The first-order valence-corrected chi connectivity index (χ1v) is 7.07. The summed E-state index contributed by atoms with van der Waals surface area (Å²) in [6.45, 7) is 0. The Morgan fingerprint density at radius 2 is 2.05 bits per heavy atom. The van der Waals surface area contributed by atoms with Gasteiger partial charge in [0.2, 0.25) is 0 Å². The number of benzene rings is 1. The number of allylic oxidation sites excluding steroid dienone is 2. The van der Waals surface area contributed by atoms with E-state index in [1.807, 2.05) is 30.4 Å². The molecule has 1 aromatic carbocycles. The van der Waals surface area contributed by atoms with Gasteiger partial charge in [-0.3, -0.25) is 4.79 Å². The van der Waals surface area contributed by atoms with E-state index in [1.165, 1.54) is 0 Å². The van der Waals surface area contributed by atoms with E-state index in [1.54, 1.807) is 0 Å². The first-order chi connectivity index (χ1) is 9.25. The average molecular weight is 312 g/mol. The second-order valence-corrected chi connectivity index (χ2v) is 5.74. The van der Waals surface area contributed by atoms with Gasteiger partial charge in [-0.2, -0.15) is 0 Å². The van der Waals surface area contributed by atoms with Crippen molar-refractivity contribution in [1.29, 1.82) is 0 Å². The molecule has 1 atom stereocenters. The van der Waals surface area contributed by atoms with Gasteiger partial charge in [0, 0.05) is 16.0 Å². The maximum absolute atomic E-state index is 12.2. The van der Waals surface area contributed by atoms with Crippen LogP contribution in [0.15, 0.2) is 41.2 Å². The summed E-state index contributed by atoms with van der Waals surface area (Å²) in [7, 11) is 0. The molecule has 2 nitrogen and oxygen atoms in total. The van der Waals surface area contributed by atoms with E-state index in [-0.39, 0.29) is 10.4 Å². The van der Waals surface area contributed by atoms with Gasteiger partial charge in [0.15, 0.2) is 0 Å². The number of nitrogens with one attached hydrogen (secondary N) is 1. The Bertz CT molecular complexity index is 999. The van der Waals surface area contributed by atoms with Crippen LogP contribution in [0, 0.1) is 10.6 Å². The summed E-state index contributed by atoms with van der Waals surface area (Å²) in [5.41, 5.74) is 2.17. The van der Waals surface area contributed by atoms with E-state index < -0.39 is 0 Å². The molecule has 1 N–H and O–H groups in total. The Hall–Kier alpha value is -1.87. The zero-order chi connectivity index (χ0) is 13.0. The van der Waals surface area contributed by atoms with Gasteiger partial charge in [0.1, 0.15) is 0 Å². The summed E-state index contributed by atoms with van der Waals surface area (Å²) in [4.78, 5) is 15.3. The highest BCUT2D eigenvalue weighted by molar-refractivity contribution is 9.09. The molecule has 0 spiro atoms. The molecule has 1 aromatic heterocycles. The van der Waals surface area contributed by atoms with E-state index >= 15 is 0 Å². The van der Waals surface area contributed by atoms with Gasteiger partial charge in [-0.15, -0.1) is 0 Å². The molecule has 2 aliphatic rings. The predicted molar refractivity (Wildman–Crippen MR) is 79.3 cm³/mol. The summed E-state index contributed by atoms with van der Waals surface area (Å²) in [5.74, 6) is 0. The molecule has 19 heavy (non-hydrogen) atoms. The summed E-state index contributed by atoms with van der Waals surface area (Å²) in [5, 5.41) is 3.96. The van der Waals surface area contributed by atoms with Gasteiger partial charge in [0.25, 0.3) is 5.56 Å². The fourth-order valence-corrected chi connectivity index (χ4v) is 3.50. The highest BCUT2D eigenvalue weighted by atomic mass is 79.9. The Balaban J connectivity index is 2.33. The second-order valence-electron chi connectivity index (χ2n) is 4.76. The minimum atomic E-state index is -0.0207. The zero-order valence-electron chi connectivity index (χ0n) is 9.98. The first kappa shape index (κ1) is 11.0. The van der Waals surface area contributed by atoms with Gasteiger partial charge in [-0.05, 0) is 22.9 Å². The van der Waals surface area contributed by atoms with Crippen LogP contribution in [-0.4, -0.2) is 4.98 Å². The molecular weight excluding hydrogens is 302 g/mol. The number of H-pyrrole nitrogens is 1. The molecule has 4 rings (SSSR count). The van der Waals surface area contributed by atoms with Crippen LogP contribution < -0.4 is 16.0 Å². The quantitative estimate of drug-likeness (QED) is 0.628. The Morgan fingerprint density at radius 3 is 2.95 bits per heavy atom. The van der Waals surface area contributed by atoms with E-state index in [0.717, 1.165) is 32.1 Å². The highest BCUT2D eigenvalue weighted by Gasteiger charge is 2.18. The molecule has 1 unspecified atom stereocenters. The maximum atomic E-state index is 12.2. The van der Waals surface area contributed by atoms with Crippen molar-refractivity contribution >= 4 is 28.1 Å². The molecule has 92 valence electrons. The summed E-state index contributed by atoms with van der Waals surface area (Å²) in [6.07, 6.45) is 8.01. The third-order valence-electron chi connectivity index (χ3n) is 3.68. The molecule has 2 aromatic rings. The Morgan fingerprint density at radius 1 is 1.21 bits per heavy atom. The Kier molecular flexibility index (Phi) is 2.21. The number of hydrogen-bond donors (Lipinski definition) is 1. The molecule has 0 amide bonds. The van der Waals surface area contributed by atoms with Crippen molar-refractivity contribution in [2.24, 2.45) is 0 Å². The van der Waals surface area contributed by atoms with E-state index in [0.29, 0.717) is 0 Å². The van der Waals surface area contributed by atoms with Gasteiger partial charge >= 0.3 is 0 Å². The number of alkyl halides is 1. The number of aromatic amines is 1. The molecule has 0 aliphatic heterocycles. The van der Waals surface area contributed by atoms with E-state index in [2.05, 4.69) is 39.1 Å². The SMILES string of the molecule is O=c1[nH]c2c(c3c1=CC=CC3Br)C=c1ccccc1=2. The number of hydrogen-bond acceptors (Lipinski definition) is 1. The summed E-state index contributed by atoms with van der Waals surface area (Å²) < 4.78 is 0. The van der Waals surface area contributed by atoms with Crippen molar-refractivity contribution < 1.29 is 0 Å². The Labute approximate surface area is 117 Å². The second kappa shape index (κ2) is 3.81. The van der Waals surface area contributed by atoms with Crippen molar-refractivity contribution in [3.05, 3.63) is 78.9 Å². The summed E-state index contributed by atoms with van der Waals surface area (Å²) >= 11 is 3.64. The number of rotatable bonds is 0. The predicted octanol–water partition coefficient (Wildman–Crippen LogP) is 1.59. The largest absolute Gasteiger partial charge is 0.321 e. The first-order valence-electron chi connectivity index (χ1n) is 6.15. The van der Waals surface area contributed by atoms with Gasteiger partial charge in [-0.1, -0.05) is 52.3 Å². The number of halogens is 1. The smallest absolute Gasteiger partial charge is 0.256 e. The molecule has 3 heteroatoms. The van der Waals surface area contributed by atoms with Crippen LogP contribution in [0.1, 0.15) is 16.0 Å². The number of fused-ring (bicyclic) bond motifs is 4. The standard InChI is InChI=1S/C16H10BrNO/c17-13-7-3-6-11-14(13)12-8-9-4-1-2-5-10(9)15(12)18-16(11)19/h1-8,13H,(H,18,19). The fraction of sp³-hybridized carbons (Fsp3) is 0.0625. The van der Waals surface area contributed by atoms with Gasteiger partial charge in [0.05, 0.1) is 10.2 Å². The maximum Gasteiger partial charge on any atom is 0.256 e. The van der Waals surface area contributed by atoms with Crippen LogP contribution in [0.4, 0.5) is 0 Å². The van der Waals surface area contributed by atoms with Crippen LogP contribution in [0.2, 0.25) is 0 Å². The molecule has 0 saturated heterocycles. The highest BCUT2D eigenvalue weighted by Crippen LogP contribution is 2.27. The number of aromatic nitrogens is 1. The fourth-order valence-electron chi connectivity index (χ4n) is 2.83. The molecule has 0 fully saturated rings. The molecule has 2 aliphatic carbocycles. The van der Waals surface area contributed by atoms with E-state index in [4.69, 9.17) is 0 Å². The van der Waals surface area contributed by atoms with Crippen molar-refractivity contribution in [1.82, 2.24) is 4.98 Å². The lowest BCUT2D eigenvalue weighted by Crippen LogP contribution is -2.33. The lowest BCUT2D eigenvalue weighted by Gasteiger charge is -2.12. The average Bonchev–Trinajstić information content (AvgIpc) is 2.78. The van der Waals surface area contributed by atoms with Crippen molar-refractivity contribution in [3.8, 4) is 0 Å².